The van der Waals surface area contributed by atoms with Gasteiger partial charge in [-0.1, -0.05) is 133 Å². The average Bonchev–Trinajstić information content (AvgIpc) is 3.02. The molecule has 0 radical (unpaired) electrons. The third-order valence-electron chi connectivity index (χ3n) is 7.47. The summed E-state index contributed by atoms with van der Waals surface area (Å²) >= 11 is 0. The van der Waals surface area contributed by atoms with Crippen molar-refractivity contribution in [3.8, 4) is 0 Å². The first-order valence-corrected chi connectivity index (χ1v) is 19.9. The van der Waals surface area contributed by atoms with Crippen LogP contribution >= 0.6 is 7.82 Å². The zero-order valence-corrected chi connectivity index (χ0v) is 31.8. The molecule has 2 atom stereocenters. The average molecular weight is 699 g/mol. The SMILES string of the molecule is CC/C=C/C=C/C=C/C=C/CCCCCC(=O)OC(COC(=O)CCCCCCCCCCCCC)COP(=O)(O)OCC[N+](C)(C)C. The van der Waals surface area contributed by atoms with E-state index in [1.165, 1.54) is 51.4 Å². The third kappa shape index (κ3) is 33.9. The molecule has 10 heteroatoms. The van der Waals surface area contributed by atoms with Crippen molar-refractivity contribution in [1.29, 1.82) is 0 Å². The van der Waals surface area contributed by atoms with E-state index in [-0.39, 0.29) is 32.0 Å². The summed E-state index contributed by atoms with van der Waals surface area (Å²) in [7, 11) is 1.44. The summed E-state index contributed by atoms with van der Waals surface area (Å²) < 4.78 is 34.0. The minimum atomic E-state index is -4.38. The molecule has 0 saturated heterocycles. The Labute approximate surface area is 293 Å². The Morgan fingerprint density at radius 3 is 1.77 bits per heavy atom. The smallest absolute Gasteiger partial charge is 0.462 e. The third-order valence-corrected chi connectivity index (χ3v) is 8.45. The predicted molar refractivity (Wildman–Crippen MR) is 196 cm³/mol. The molecule has 0 aromatic heterocycles. The molecule has 0 aliphatic heterocycles. The van der Waals surface area contributed by atoms with Gasteiger partial charge in [0, 0.05) is 12.8 Å². The van der Waals surface area contributed by atoms with E-state index >= 15 is 0 Å². The summed E-state index contributed by atoms with van der Waals surface area (Å²) in [6.07, 6.45) is 33.1. The molecule has 1 N–H and O–H groups in total. The summed E-state index contributed by atoms with van der Waals surface area (Å²) in [5.74, 6) is -0.850. The van der Waals surface area contributed by atoms with Crippen molar-refractivity contribution in [3.05, 3.63) is 48.6 Å². The van der Waals surface area contributed by atoms with E-state index in [0.29, 0.717) is 17.4 Å². The first-order chi connectivity index (χ1) is 23.0. The number of esters is 2. The number of rotatable bonds is 32. The second kappa shape index (κ2) is 31.0. The molecular formula is C38H69NO8P+. The number of nitrogens with zero attached hydrogens (tertiary/aromatic N) is 1. The maximum Gasteiger partial charge on any atom is 0.472 e. The monoisotopic (exact) mass is 698 g/mol. The minimum Gasteiger partial charge on any atom is -0.462 e. The standard InChI is InChI=1S/C38H68NO8P/c1-6-8-10-12-14-16-18-19-21-23-25-27-29-31-38(41)47-36(35-46-48(42,43)45-33-32-39(3,4)5)34-44-37(40)30-28-26-24-22-20-17-15-13-11-9-7-2/h8,10,12,14,16,18-19,21,36H,6-7,9,11,13,15,17,20,22-35H2,1-5H3/p+1/b10-8+,14-12+,18-16+,21-19+. The van der Waals surface area contributed by atoms with Gasteiger partial charge in [0.25, 0.3) is 0 Å². The Hall–Kier alpha value is -2.03. The van der Waals surface area contributed by atoms with Gasteiger partial charge in [-0.2, -0.15) is 0 Å². The van der Waals surface area contributed by atoms with E-state index in [2.05, 4.69) is 26.0 Å². The van der Waals surface area contributed by atoms with Crippen LogP contribution in [0.2, 0.25) is 0 Å². The molecule has 0 fully saturated rings. The Bertz CT molecular complexity index is 970. The quantitative estimate of drug-likeness (QED) is 0.0243. The molecule has 48 heavy (non-hydrogen) atoms. The van der Waals surface area contributed by atoms with Gasteiger partial charge in [0.2, 0.25) is 0 Å². The number of allylic oxidation sites excluding steroid dienone is 8. The molecule has 0 heterocycles. The van der Waals surface area contributed by atoms with Crippen LogP contribution < -0.4 is 0 Å². The highest BCUT2D eigenvalue weighted by Gasteiger charge is 2.27. The molecule has 0 spiro atoms. The molecule has 278 valence electrons. The van der Waals surface area contributed by atoms with Crippen molar-refractivity contribution in [2.24, 2.45) is 0 Å². The van der Waals surface area contributed by atoms with Crippen LogP contribution in [0.3, 0.4) is 0 Å². The minimum absolute atomic E-state index is 0.0227. The van der Waals surface area contributed by atoms with Crippen LogP contribution in [0.1, 0.15) is 129 Å². The van der Waals surface area contributed by atoms with Crippen molar-refractivity contribution in [3.63, 3.8) is 0 Å². The van der Waals surface area contributed by atoms with E-state index in [4.69, 9.17) is 18.5 Å². The Morgan fingerprint density at radius 2 is 1.19 bits per heavy atom. The van der Waals surface area contributed by atoms with Gasteiger partial charge in [-0.3, -0.25) is 18.6 Å². The van der Waals surface area contributed by atoms with Gasteiger partial charge in [-0.05, 0) is 32.1 Å². The molecule has 0 aromatic carbocycles. The maximum absolute atomic E-state index is 12.6. The van der Waals surface area contributed by atoms with Crippen LogP contribution in [0.25, 0.3) is 0 Å². The van der Waals surface area contributed by atoms with Crippen LogP contribution in [0.15, 0.2) is 48.6 Å². The number of phosphoric ester groups is 1. The van der Waals surface area contributed by atoms with Crippen molar-refractivity contribution in [2.75, 3.05) is 47.5 Å². The Balaban J connectivity index is 4.55. The molecule has 0 bridgehead atoms. The molecule has 0 aliphatic carbocycles. The van der Waals surface area contributed by atoms with Gasteiger partial charge >= 0.3 is 19.8 Å². The van der Waals surface area contributed by atoms with E-state index < -0.39 is 26.5 Å². The summed E-state index contributed by atoms with van der Waals surface area (Å²) in [5.41, 5.74) is 0. The van der Waals surface area contributed by atoms with E-state index in [0.717, 1.165) is 44.9 Å². The van der Waals surface area contributed by atoms with E-state index in [1.807, 2.05) is 57.6 Å². The van der Waals surface area contributed by atoms with Gasteiger partial charge in [-0.25, -0.2) is 4.57 Å². The first kappa shape index (κ1) is 46.0. The van der Waals surface area contributed by atoms with Crippen LogP contribution in [0.5, 0.6) is 0 Å². The number of hydrogen-bond donors (Lipinski definition) is 1. The topological polar surface area (TPSA) is 108 Å². The highest BCUT2D eigenvalue weighted by atomic mass is 31.2. The summed E-state index contributed by atoms with van der Waals surface area (Å²) in [4.78, 5) is 35.1. The zero-order chi connectivity index (χ0) is 35.8. The zero-order valence-electron chi connectivity index (χ0n) is 31.0. The second-order valence-electron chi connectivity index (χ2n) is 13.3. The first-order valence-electron chi connectivity index (χ1n) is 18.4. The molecule has 0 aliphatic rings. The largest absolute Gasteiger partial charge is 0.472 e. The fourth-order valence-corrected chi connectivity index (χ4v) is 5.29. The predicted octanol–water partition coefficient (Wildman–Crippen LogP) is 9.57. The molecular weight excluding hydrogens is 629 g/mol. The lowest BCUT2D eigenvalue weighted by Gasteiger charge is -2.24. The number of quaternary nitrogens is 1. The lowest BCUT2D eigenvalue weighted by molar-refractivity contribution is -0.870. The molecule has 2 unspecified atom stereocenters. The lowest BCUT2D eigenvalue weighted by atomic mass is 10.1. The second-order valence-corrected chi connectivity index (χ2v) is 14.8. The normalized spacial score (nSPS) is 14.4. The van der Waals surface area contributed by atoms with E-state index in [9.17, 15) is 19.0 Å². The number of phosphoric acid groups is 1. The fraction of sp³-hybridized carbons (Fsp3) is 0.737. The van der Waals surface area contributed by atoms with Crippen molar-refractivity contribution < 1.29 is 42.1 Å². The van der Waals surface area contributed by atoms with Gasteiger partial charge < -0.3 is 18.9 Å². The number of carbonyl (C=O) groups is 2. The maximum atomic E-state index is 12.6. The molecule has 0 aromatic rings. The fourth-order valence-electron chi connectivity index (χ4n) is 4.55. The highest BCUT2D eigenvalue weighted by Crippen LogP contribution is 2.43. The number of unbranched alkanes of at least 4 members (excludes halogenated alkanes) is 13. The number of ether oxygens (including phenoxy) is 2. The van der Waals surface area contributed by atoms with Crippen LogP contribution in [0.4, 0.5) is 0 Å². The van der Waals surface area contributed by atoms with Crippen molar-refractivity contribution >= 4 is 19.8 Å². The van der Waals surface area contributed by atoms with Crippen LogP contribution in [-0.4, -0.2) is 74.9 Å². The Morgan fingerprint density at radius 1 is 0.667 bits per heavy atom. The van der Waals surface area contributed by atoms with Gasteiger partial charge in [-0.15, -0.1) is 0 Å². The number of carbonyl (C=O) groups excluding carboxylic acids is 2. The van der Waals surface area contributed by atoms with Crippen LogP contribution in [0, 0.1) is 0 Å². The highest BCUT2D eigenvalue weighted by molar-refractivity contribution is 7.47. The molecule has 0 saturated carbocycles. The Kier molecular flexibility index (Phi) is 29.7. The number of likely N-dealkylation sites (N-methyl/N-ethyl adjacent to an activating group) is 1. The molecule has 0 amide bonds. The lowest BCUT2D eigenvalue weighted by Crippen LogP contribution is -2.37. The molecule has 9 nitrogen and oxygen atoms in total. The number of hydrogen-bond acceptors (Lipinski definition) is 7. The van der Waals surface area contributed by atoms with E-state index in [1.54, 1.807) is 0 Å². The summed E-state index contributed by atoms with van der Waals surface area (Å²) in [5, 5.41) is 0. The van der Waals surface area contributed by atoms with Crippen molar-refractivity contribution in [2.45, 2.75) is 136 Å². The van der Waals surface area contributed by atoms with Gasteiger partial charge in [0.15, 0.2) is 6.10 Å². The molecule has 0 rings (SSSR count). The van der Waals surface area contributed by atoms with Crippen molar-refractivity contribution in [1.82, 2.24) is 0 Å². The summed E-state index contributed by atoms with van der Waals surface area (Å²) in [6, 6.07) is 0. The van der Waals surface area contributed by atoms with Crippen LogP contribution in [-0.2, 0) is 32.7 Å². The van der Waals surface area contributed by atoms with Gasteiger partial charge in [0.1, 0.15) is 19.8 Å². The van der Waals surface area contributed by atoms with Gasteiger partial charge in [0.05, 0.1) is 27.7 Å². The summed E-state index contributed by atoms with van der Waals surface area (Å²) in [6.45, 7) is 4.19.